The summed E-state index contributed by atoms with van der Waals surface area (Å²) < 4.78 is 12.8. The summed E-state index contributed by atoms with van der Waals surface area (Å²) in [6.07, 6.45) is 3.62. The zero-order valence-corrected chi connectivity index (χ0v) is 14.4. The molecule has 1 aromatic rings. The van der Waals surface area contributed by atoms with Crippen LogP contribution in [0, 0.1) is 5.92 Å². The van der Waals surface area contributed by atoms with E-state index in [0.29, 0.717) is 18.1 Å². The number of rotatable bonds is 4. The molecule has 2 aliphatic heterocycles. The molecule has 1 fully saturated rings. The van der Waals surface area contributed by atoms with Crippen LogP contribution in [0.3, 0.4) is 0 Å². The SMILES string of the molecule is CC(C)C1CC(NCc2cc(Br)cc3c2OCC3)CCO1. The lowest BCUT2D eigenvalue weighted by Gasteiger charge is -2.32. The molecule has 21 heavy (non-hydrogen) atoms. The molecule has 3 nitrogen and oxygen atoms in total. The zero-order valence-electron chi connectivity index (χ0n) is 12.8. The van der Waals surface area contributed by atoms with Gasteiger partial charge in [0.05, 0.1) is 12.7 Å². The van der Waals surface area contributed by atoms with Crippen molar-refractivity contribution < 1.29 is 9.47 Å². The van der Waals surface area contributed by atoms with E-state index in [1.165, 1.54) is 11.1 Å². The summed E-state index contributed by atoms with van der Waals surface area (Å²) in [6.45, 7) is 7.03. The molecule has 1 aromatic carbocycles. The molecule has 3 rings (SSSR count). The van der Waals surface area contributed by atoms with Crippen LogP contribution in [0.2, 0.25) is 0 Å². The van der Waals surface area contributed by atoms with E-state index in [4.69, 9.17) is 9.47 Å². The molecular weight excluding hydrogens is 330 g/mol. The van der Waals surface area contributed by atoms with Crippen LogP contribution in [-0.4, -0.2) is 25.4 Å². The summed E-state index contributed by atoms with van der Waals surface area (Å²) >= 11 is 3.61. The summed E-state index contributed by atoms with van der Waals surface area (Å²) in [6, 6.07) is 4.90. The summed E-state index contributed by atoms with van der Waals surface area (Å²) in [5, 5.41) is 3.70. The third-order valence-corrected chi connectivity index (χ3v) is 4.92. The molecule has 0 radical (unpaired) electrons. The van der Waals surface area contributed by atoms with Crippen molar-refractivity contribution >= 4 is 15.9 Å². The minimum absolute atomic E-state index is 0.390. The first-order valence-corrected chi connectivity index (χ1v) is 8.72. The molecule has 1 saturated heterocycles. The quantitative estimate of drug-likeness (QED) is 0.895. The first kappa shape index (κ1) is 15.3. The van der Waals surface area contributed by atoms with E-state index in [1.807, 2.05) is 0 Å². The Balaban J connectivity index is 1.63. The van der Waals surface area contributed by atoms with Crippen molar-refractivity contribution in [3.05, 3.63) is 27.7 Å². The molecular formula is C17H24BrNO2. The highest BCUT2D eigenvalue weighted by Gasteiger charge is 2.25. The van der Waals surface area contributed by atoms with Crippen LogP contribution in [0.1, 0.15) is 37.8 Å². The summed E-state index contributed by atoms with van der Waals surface area (Å²) in [5.74, 6) is 1.69. The molecule has 2 aliphatic rings. The van der Waals surface area contributed by atoms with Crippen molar-refractivity contribution in [2.45, 2.75) is 51.8 Å². The third kappa shape index (κ3) is 3.61. The average Bonchev–Trinajstić information content (AvgIpc) is 2.93. The Hall–Kier alpha value is -0.580. The number of fused-ring (bicyclic) bond motifs is 1. The van der Waals surface area contributed by atoms with E-state index in [2.05, 4.69) is 47.2 Å². The van der Waals surface area contributed by atoms with Crippen LogP contribution in [-0.2, 0) is 17.7 Å². The Bertz CT molecular complexity index is 504. The van der Waals surface area contributed by atoms with Crippen LogP contribution in [0.25, 0.3) is 0 Å². The van der Waals surface area contributed by atoms with E-state index in [9.17, 15) is 0 Å². The van der Waals surface area contributed by atoms with E-state index >= 15 is 0 Å². The van der Waals surface area contributed by atoms with E-state index in [-0.39, 0.29) is 0 Å². The third-order valence-electron chi connectivity index (χ3n) is 4.47. The van der Waals surface area contributed by atoms with Crippen LogP contribution in [0.4, 0.5) is 0 Å². The minimum atomic E-state index is 0.390. The lowest BCUT2D eigenvalue weighted by atomic mass is 9.95. The van der Waals surface area contributed by atoms with Gasteiger partial charge in [0.1, 0.15) is 5.75 Å². The van der Waals surface area contributed by atoms with Crippen molar-refractivity contribution in [2.75, 3.05) is 13.2 Å². The normalized spacial score (nSPS) is 25.0. The Morgan fingerprint density at radius 1 is 1.33 bits per heavy atom. The number of benzene rings is 1. The highest BCUT2D eigenvalue weighted by molar-refractivity contribution is 9.10. The number of halogens is 1. The Kier molecular flexibility index (Phi) is 4.87. The number of ether oxygens (including phenoxy) is 2. The molecule has 0 spiro atoms. The summed E-state index contributed by atoms with van der Waals surface area (Å²) in [4.78, 5) is 0. The van der Waals surface area contributed by atoms with Crippen LogP contribution in [0.5, 0.6) is 5.75 Å². The molecule has 2 unspecified atom stereocenters. The second-order valence-corrected chi connectivity index (χ2v) is 7.32. The van der Waals surface area contributed by atoms with Gasteiger partial charge in [0.25, 0.3) is 0 Å². The summed E-state index contributed by atoms with van der Waals surface area (Å²) in [5.41, 5.74) is 2.60. The summed E-state index contributed by atoms with van der Waals surface area (Å²) in [7, 11) is 0. The second-order valence-electron chi connectivity index (χ2n) is 6.41. The van der Waals surface area contributed by atoms with Gasteiger partial charge in [-0.05, 0) is 36.5 Å². The van der Waals surface area contributed by atoms with Gasteiger partial charge in [0.2, 0.25) is 0 Å². The number of hydrogen-bond acceptors (Lipinski definition) is 3. The molecule has 0 bridgehead atoms. The second kappa shape index (κ2) is 6.67. The van der Waals surface area contributed by atoms with Crippen LogP contribution >= 0.6 is 15.9 Å². The largest absolute Gasteiger partial charge is 0.493 e. The van der Waals surface area contributed by atoms with Crippen molar-refractivity contribution in [3.8, 4) is 5.75 Å². The van der Waals surface area contributed by atoms with E-state index < -0.39 is 0 Å². The van der Waals surface area contributed by atoms with Crippen molar-refractivity contribution in [1.29, 1.82) is 0 Å². The molecule has 0 saturated carbocycles. The highest BCUT2D eigenvalue weighted by atomic mass is 79.9. The molecule has 116 valence electrons. The van der Waals surface area contributed by atoms with E-state index in [1.54, 1.807) is 0 Å². The van der Waals surface area contributed by atoms with Crippen molar-refractivity contribution in [1.82, 2.24) is 5.32 Å². The van der Waals surface area contributed by atoms with Gasteiger partial charge < -0.3 is 14.8 Å². The Morgan fingerprint density at radius 2 is 2.19 bits per heavy atom. The molecule has 4 heteroatoms. The molecule has 1 N–H and O–H groups in total. The van der Waals surface area contributed by atoms with Gasteiger partial charge in [-0.1, -0.05) is 29.8 Å². The molecule has 0 amide bonds. The van der Waals surface area contributed by atoms with Crippen LogP contribution < -0.4 is 10.1 Å². The predicted octanol–water partition coefficient (Wildman–Crippen LogP) is 3.68. The Morgan fingerprint density at radius 3 is 3.00 bits per heavy atom. The standard InChI is InChI=1S/C17H24BrNO2/c1-11(2)16-9-15(4-6-20-16)19-10-13-8-14(18)7-12-3-5-21-17(12)13/h7-8,11,15-16,19H,3-6,9-10H2,1-2H3. The van der Waals surface area contributed by atoms with Gasteiger partial charge in [0, 0.05) is 35.7 Å². The van der Waals surface area contributed by atoms with Gasteiger partial charge >= 0.3 is 0 Å². The van der Waals surface area contributed by atoms with E-state index in [0.717, 1.165) is 49.2 Å². The predicted molar refractivity (Wildman–Crippen MR) is 87.8 cm³/mol. The van der Waals surface area contributed by atoms with Gasteiger partial charge in [-0.25, -0.2) is 0 Å². The fraction of sp³-hybridized carbons (Fsp3) is 0.647. The van der Waals surface area contributed by atoms with Crippen molar-refractivity contribution in [3.63, 3.8) is 0 Å². The Labute approximate surface area is 135 Å². The lowest BCUT2D eigenvalue weighted by Crippen LogP contribution is -2.40. The fourth-order valence-electron chi connectivity index (χ4n) is 3.21. The van der Waals surface area contributed by atoms with Crippen LogP contribution in [0.15, 0.2) is 16.6 Å². The maximum Gasteiger partial charge on any atom is 0.127 e. The molecule has 2 heterocycles. The molecule has 0 aromatic heterocycles. The lowest BCUT2D eigenvalue weighted by molar-refractivity contribution is -0.0245. The topological polar surface area (TPSA) is 30.5 Å². The maximum atomic E-state index is 5.84. The van der Waals surface area contributed by atoms with Gasteiger partial charge in [0.15, 0.2) is 0 Å². The first-order chi connectivity index (χ1) is 10.1. The first-order valence-electron chi connectivity index (χ1n) is 7.92. The smallest absolute Gasteiger partial charge is 0.127 e. The molecule has 0 aliphatic carbocycles. The fourth-order valence-corrected chi connectivity index (χ4v) is 3.76. The van der Waals surface area contributed by atoms with Crippen molar-refractivity contribution in [2.24, 2.45) is 5.92 Å². The minimum Gasteiger partial charge on any atom is -0.493 e. The van der Waals surface area contributed by atoms with Gasteiger partial charge in [-0.2, -0.15) is 0 Å². The van der Waals surface area contributed by atoms with Gasteiger partial charge in [-0.3, -0.25) is 0 Å². The number of nitrogens with one attached hydrogen (secondary N) is 1. The molecule has 2 atom stereocenters. The monoisotopic (exact) mass is 353 g/mol. The zero-order chi connectivity index (χ0) is 14.8. The number of hydrogen-bond donors (Lipinski definition) is 1. The highest BCUT2D eigenvalue weighted by Crippen LogP contribution is 2.33. The maximum absolute atomic E-state index is 5.84. The van der Waals surface area contributed by atoms with Gasteiger partial charge in [-0.15, -0.1) is 0 Å². The average molecular weight is 354 g/mol.